The van der Waals surface area contributed by atoms with Gasteiger partial charge < -0.3 is 10.6 Å². The molecule has 2 rings (SSSR count). The van der Waals surface area contributed by atoms with Gasteiger partial charge in [-0.1, -0.05) is 12.8 Å². The van der Waals surface area contributed by atoms with E-state index < -0.39 is 0 Å². The van der Waals surface area contributed by atoms with Gasteiger partial charge in [0.1, 0.15) is 0 Å². The van der Waals surface area contributed by atoms with Crippen LogP contribution >= 0.6 is 0 Å². The molecule has 1 amide bonds. The first-order valence-corrected chi connectivity index (χ1v) is 6.68. The molecule has 4 heteroatoms. The van der Waals surface area contributed by atoms with E-state index in [1.165, 1.54) is 25.7 Å². The van der Waals surface area contributed by atoms with Crippen LogP contribution in [-0.4, -0.2) is 23.5 Å². The second-order valence-corrected chi connectivity index (χ2v) is 4.93. The van der Waals surface area contributed by atoms with E-state index in [9.17, 15) is 4.79 Å². The predicted molar refractivity (Wildman–Crippen MR) is 71.1 cm³/mol. The first kappa shape index (κ1) is 13.0. The molecule has 0 saturated heterocycles. The number of amides is 1. The summed E-state index contributed by atoms with van der Waals surface area (Å²) in [6.07, 6.45) is 8.46. The van der Waals surface area contributed by atoms with Crippen LogP contribution in [0.15, 0.2) is 24.5 Å². The fourth-order valence-corrected chi connectivity index (χ4v) is 2.39. The van der Waals surface area contributed by atoms with Gasteiger partial charge in [-0.3, -0.25) is 9.78 Å². The van der Waals surface area contributed by atoms with Crippen molar-refractivity contribution in [2.75, 3.05) is 6.54 Å². The van der Waals surface area contributed by atoms with E-state index in [1.54, 1.807) is 12.4 Å². The van der Waals surface area contributed by atoms with Crippen LogP contribution in [0.4, 0.5) is 0 Å². The Bertz CT molecular complexity index is 374. The monoisotopic (exact) mass is 247 g/mol. The zero-order chi connectivity index (χ0) is 12.8. The number of carbonyl (C=O) groups is 1. The van der Waals surface area contributed by atoms with Crippen LogP contribution in [0.3, 0.4) is 0 Å². The van der Waals surface area contributed by atoms with Gasteiger partial charge in [-0.15, -0.1) is 0 Å². The molecule has 4 nitrogen and oxygen atoms in total. The number of nitrogens with zero attached hydrogens (tertiary/aromatic N) is 1. The molecule has 98 valence electrons. The van der Waals surface area contributed by atoms with Crippen LogP contribution in [-0.2, 0) is 4.79 Å². The Hall–Kier alpha value is -1.42. The van der Waals surface area contributed by atoms with Crippen molar-refractivity contribution in [2.24, 2.45) is 0 Å². The molecule has 1 aliphatic carbocycles. The standard InChI is InChI=1S/C14H21N3O/c1-11(12-6-8-15-9-7-12)17-14(18)10-16-13-4-2-3-5-13/h6-9,11,13,16H,2-5,10H2,1H3,(H,17,18). The van der Waals surface area contributed by atoms with Crippen molar-refractivity contribution >= 4 is 5.91 Å². The maximum atomic E-state index is 11.8. The molecule has 2 N–H and O–H groups in total. The second-order valence-electron chi connectivity index (χ2n) is 4.93. The van der Waals surface area contributed by atoms with Crippen LogP contribution in [0, 0.1) is 0 Å². The molecular formula is C14H21N3O. The van der Waals surface area contributed by atoms with E-state index in [2.05, 4.69) is 15.6 Å². The lowest BCUT2D eigenvalue weighted by molar-refractivity contribution is -0.121. The summed E-state index contributed by atoms with van der Waals surface area (Å²) in [4.78, 5) is 15.8. The lowest BCUT2D eigenvalue weighted by Crippen LogP contribution is -2.39. The summed E-state index contributed by atoms with van der Waals surface area (Å²) in [5, 5.41) is 6.30. The average Bonchev–Trinajstić information content (AvgIpc) is 2.90. The van der Waals surface area contributed by atoms with Gasteiger partial charge in [0.05, 0.1) is 12.6 Å². The molecule has 1 fully saturated rings. The van der Waals surface area contributed by atoms with E-state index >= 15 is 0 Å². The minimum Gasteiger partial charge on any atom is -0.348 e. The Morgan fingerprint density at radius 2 is 2.06 bits per heavy atom. The fraction of sp³-hybridized carbons (Fsp3) is 0.571. The molecule has 1 heterocycles. The van der Waals surface area contributed by atoms with Crippen molar-refractivity contribution < 1.29 is 4.79 Å². The summed E-state index contributed by atoms with van der Waals surface area (Å²) in [6.45, 7) is 2.41. The van der Waals surface area contributed by atoms with Crippen molar-refractivity contribution in [2.45, 2.75) is 44.7 Å². The molecule has 0 spiro atoms. The van der Waals surface area contributed by atoms with Crippen molar-refractivity contribution in [3.8, 4) is 0 Å². The molecular weight excluding hydrogens is 226 g/mol. The Morgan fingerprint density at radius 3 is 2.72 bits per heavy atom. The first-order valence-electron chi connectivity index (χ1n) is 6.68. The molecule has 1 aliphatic rings. The van der Waals surface area contributed by atoms with Gasteiger partial charge in [-0.25, -0.2) is 0 Å². The molecule has 18 heavy (non-hydrogen) atoms. The fourth-order valence-electron chi connectivity index (χ4n) is 2.39. The van der Waals surface area contributed by atoms with Crippen molar-refractivity contribution in [1.82, 2.24) is 15.6 Å². The molecule has 1 atom stereocenters. The quantitative estimate of drug-likeness (QED) is 0.834. The topological polar surface area (TPSA) is 54.0 Å². The zero-order valence-electron chi connectivity index (χ0n) is 10.9. The number of carbonyl (C=O) groups excluding carboxylic acids is 1. The number of aromatic nitrogens is 1. The maximum absolute atomic E-state index is 11.8. The highest BCUT2D eigenvalue weighted by molar-refractivity contribution is 5.78. The van der Waals surface area contributed by atoms with Crippen LogP contribution in [0.1, 0.15) is 44.2 Å². The largest absolute Gasteiger partial charge is 0.348 e. The summed E-state index contributed by atoms with van der Waals surface area (Å²) in [5.74, 6) is 0.0613. The van der Waals surface area contributed by atoms with E-state index in [-0.39, 0.29) is 11.9 Å². The molecule has 1 aromatic heterocycles. The van der Waals surface area contributed by atoms with E-state index in [0.29, 0.717) is 12.6 Å². The number of hydrogen-bond acceptors (Lipinski definition) is 3. The molecule has 0 aromatic carbocycles. The highest BCUT2D eigenvalue weighted by Crippen LogP contribution is 2.17. The smallest absolute Gasteiger partial charge is 0.234 e. The molecule has 1 aromatic rings. The molecule has 0 radical (unpaired) electrons. The predicted octanol–water partition coefficient (Wildman–Crippen LogP) is 1.79. The first-order chi connectivity index (χ1) is 8.75. The summed E-state index contributed by atoms with van der Waals surface area (Å²) in [7, 11) is 0. The van der Waals surface area contributed by atoms with Gasteiger partial charge in [-0.05, 0) is 37.5 Å². The van der Waals surface area contributed by atoms with Gasteiger partial charge in [0.15, 0.2) is 0 Å². The van der Waals surface area contributed by atoms with Gasteiger partial charge in [0.25, 0.3) is 0 Å². The number of pyridine rings is 1. The van der Waals surface area contributed by atoms with Crippen LogP contribution in [0.25, 0.3) is 0 Å². The average molecular weight is 247 g/mol. The second kappa shape index (κ2) is 6.50. The van der Waals surface area contributed by atoms with Crippen molar-refractivity contribution in [3.05, 3.63) is 30.1 Å². The normalized spacial score (nSPS) is 17.6. The van der Waals surface area contributed by atoms with Gasteiger partial charge >= 0.3 is 0 Å². The highest BCUT2D eigenvalue weighted by Gasteiger charge is 2.16. The van der Waals surface area contributed by atoms with Gasteiger partial charge in [0.2, 0.25) is 5.91 Å². The minimum absolute atomic E-state index is 0.0332. The lowest BCUT2D eigenvalue weighted by atomic mass is 10.1. The maximum Gasteiger partial charge on any atom is 0.234 e. The SMILES string of the molecule is CC(NC(=O)CNC1CCCC1)c1ccncc1. The van der Waals surface area contributed by atoms with Crippen molar-refractivity contribution in [1.29, 1.82) is 0 Å². The highest BCUT2D eigenvalue weighted by atomic mass is 16.1. The van der Waals surface area contributed by atoms with Crippen LogP contribution < -0.4 is 10.6 Å². The number of rotatable bonds is 5. The van der Waals surface area contributed by atoms with Gasteiger partial charge in [0, 0.05) is 18.4 Å². The van der Waals surface area contributed by atoms with E-state index in [1.807, 2.05) is 19.1 Å². The Kier molecular flexibility index (Phi) is 4.70. The molecule has 0 aliphatic heterocycles. The lowest BCUT2D eigenvalue weighted by Gasteiger charge is -2.16. The molecule has 1 unspecified atom stereocenters. The van der Waals surface area contributed by atoms with Crippen molar-refractivity contribution in [3.63, 3.8) is 0 Å². The minimum atomic E-state index is 0.0332. The third-order valence-electron chi connectivity index (χ3n) is 3.49. The Labute approximate surface area is 108 Å². The number of nitrogens with one attached hydrogen (secondary N) is 2. The molecule has 1 saturated carbocycles. The number of hydrogen-bond donors (Lipinski definition) is 2. The van der Waals surface area contributed by atoms with E-state index in [0.717, 1.165) is 5.56 Å². The Morgan fingerprint density at radius 1 is 1.39 bits per heavy atom. The van der Waals surface area contributed by atoms with Crippen LogP contribution in [0.5, 0.6) is 0 Å². The van der Waals surface area contributed by atoms with Gasteiger partial charge in [-0.2, -0.15) is 0 Å². The van der Waals surface area contributed by atoms with Crippen LogP contribution in [0.2, 0.25) is 0 Å². The summed E-state index contributed by atoms with van der Waals surface area (Å²) >= 11 is 0. The zero-order valence-corrected chi connectivity index (χ0v) is 10.9. The summed E-state index contributed by atoms with van der Waals surface area (Å²) in [5.41, 5.74) is 1.08. The summed E-state index contributed by atoms with van der Waals surface area (Å²) in [6, 6.07) is 4.42. The molecule has 0 bridgehead atoms. The third-order valence-corrected chi connectivity index (χ3v) is 3.49. The van der Waals surface area contributed by atoms with E-state index in [4.69, 9.17) is 0 Å². The summed E-state index contributed by atoms with van der Waals surface area (Å²) < 4.78 is 0. The third kappa shape index (κ3) is 3.81. The Balaban J connectivity index is 1.73.